The fourth-order valence-electron chi connectivity index (χ4n) is 4.58. The number of nitrogens with zero attached hydrogens (tertiary/aromatic N) is 5. The van der Waals surface area contributed by atoms with E-state index >= 15 is 0 Å². The summed E-state index contributed by atoms with van der Waals surface area (Å²) in [5.41, 5.74) is 0.759. The first-order valence-corrected chi connectivity index (χ1v) is 11.9. The number of carbonyl (C=O) groups excluding carboxylic acids is 1. The number of benzene rings is 1. The Kier molecular flexibility index (Phi) is 6.84. The van der Waals surface area contributed by atoms with Crippen LogP contribution >= 0.6 is 0 Å². The van der Waals surface area contributed by atoms with Gasteiger partial charge in [-0.05, 0) is 37.8 Å². The first-order valence-electron chi connectivity index (χ1n) is 11.9. The Hall–Kier alpha value is -3.27. The van der Waals surface area contributed by atoms with Crippen LogP contribution in [0.3, 0.4) is 0 Å². The van der Waals surface area contributed by atoms with Gasteiger partial charge in [-0.1, -0.05) is 22.4 Å². The fraction of sp³-hybridized carbons (Fsp3) is 0.542. The topological polar surface area (TPSA) is 117 Å². The molecule has 2 aliphatic rings. The van der Waals surface area contributed by atoms with Crippen LogP contribution < -0.4 is 4.74 Å². The zero-order valence-corrected chi connectivity index (χ0v) is 19.3. The summed E-state index contributed by atoms with van der Waals surface area (Å²) < 4.78 is 21.7. The number of piperidine rings is 1. The Morgan fingerprint density at radius 2 is 1.82 bits per heavy atom. The summed E-state index contributed by atoms with van der Waals surface area (Å²) in [7, 11) is 1.60. The van der Waals surface area contributed by atoms with Gasteiger partial charge in [-0.15, -0.1) is 0 Å². The van der Waals surface area contributed by atoms with Crippen molar-refractivity contribution in [2.24, 2.45) is 0 Å². The van der Waals surface area contributed by atoms with E-state index < -0.39 is 0 Å². The van der Waals surface area contributed by atoms with Gasteiger partial charge in [0.1, 0.15) is 5.75 Å². The van der Waals surface area contributed by atoms with Crippen LogP contribution in [0.4, 0.5) is 0 Å². The first-order chi connectivity index (χ1) is 16.7. The Morgan fingerprint density at radius 1 is 1.03 bits per heavy atom. The lowest BCUT2D eigenvalue weighted by molar-refractivity contribution is -0.132. The SMILES string of the molecule is COc1ccccc1-c1noc(CCC(=O)N2CCC(c3nc(C4CCOCC4)no3)CC2)n1. The molecule has 34 heavy (non-hydrogen) atoms. The highest BCUT2D eigenvalue weighted by Crippen LogP contribution is 2.31. The number of ether oxygens (including phenoxy) is 2. The lowest BCUT2D eigenvalue weighted by Crippen LogP contribution is -2.38. The lowest BCUT2D eigenvalue weighted by Gasteiger charge is -2.30. The van der Waals surface area contributed by atoms with Crippen LogP contribution in [-0.4, -0.2) is 64.5 Å². The summed E-state index contributed by atoms with van der Waals surface area (Å²) in [5, 5.41) is 8.26. The van der Waals surface area contributed by atoms with Gasteiger partial charge in [0.15, 0.2) is 5.82 Å². The third-order valence-electron chi connectivity index (χ3n) is 6.61. The van der Waals surface area contributed by atoms with E-state index in [1.165, 1.54) is 0 Å². The molecule has 0 unspecified atom stereocenters. The van der Waals surface area contributed by atoms with Crippen LogP contribution in [0.25, 0.3) is 11.4 Å². The van der Waals surface area contributed by atoms with Gasteiger partial charge in [-0.25, -0.2) is 0 Å². The number of para-hydroxylation sites is 1. The summed E-state index contributed by atoms with van der Waals surface area (Å²) in [6.45, 7) is 2.85. The Balaban J connectivity index is 1.11. The molecule has 5 rings (SSSR count). The van der Waals surface area contributed by atoms with Crippen molar-refractivity contribution in [2.75, 3.05) is 33.4 Å². The van der Waals surface area contributed by atoms with Gasteiger partial charge in [0.05, 0.1) is 12.7 Å². The van der Waals surface area contributed by atoms with Gasteiger partial charge in [0, 0.05) is 51.0 Å². The van der Waals surface area contributed by atoms with Gasteiger partial charge in [-0.2, -0.15) is 9.97 Å². The molecule has 0 spiro atoms. The second-order valence-electron chi connectivity index (χ2n) is 8.74. The van der Waals surface area contributed by atoms with Crippen molar-refractivity contribution in [3.05, 3.63) is 41.9 Å². The molecule has 10 heteroatoms. The van der Waals surface area contributed by atoms with Crippen molar-refractivity contribution >= 4 is 5.91 Å². The third kappa shape index (κ3) is 4.96. The molecule has 2 fully saturated rings. The van der Waals surface area contributed by atoms with Crippen molar-refractivity contribution in [1.82, 2.24) is 25.2 Å². The van der Waals surface area contributed by atoms with Gasteiger partial charge in [0.2, 0.25) is 23.5 Å². The number of aryl methyl sites for hydroxylation is 1. The number of rotatable bonds is 7. The van der Waals surface area contributed by atoms with Crippen LogP contribution in [0.15, 0.2) is 33.3 Å². The van der Waals surface area contributed by atoms with E-state index in [-0.39, 0.29) is 11.8 Å². The van der Waals surface area contributed by atoms with E-state index in [0.29, 0.717) is 55.2 Å². The largest absolute Gasteiger partial charge is 0.496 e. The summed E-state index contributed by atoms with van der Waals surface area (Å²) in [6, 6.07) is 7.49. The second-order valence-corrected chi connectivity index (χ2v) is 8.74. The zero-order valence-electron chi connectivity index (χ0n) is 19.3. The number of aromatic nitrogens is 4. The standard InChI is InChI=1S/C24H29N5O5/c1-31-19-5-3-2-4-18(19)23-25-20(33-28-23)6-7-21(30)29-12-8-17(9-13-29)24-26-22(27-34-24)16-10-14-32-15-11-16/h2-5,16-17H,6-15H2,1H3. The minimum absolute atomic E-state index is 0.0870. The maximum absolute atomic E-state index is 12.8. The highest BCUT2D eigenvalue weighted by Gasteiger charge is 2.29. The maximum atomic E-state index is 12.8. The molecular formula is C24H29N5O5. The Labute approximate surface area is 197 Å². The Bertz CT molecular complexity index is 1100. The number of hydrogen-bond donors (Lipinski definition) is 0. The molecule has 0 radical (unpaired) electrons. The molecule has 1 amide bonds. The summed E-state index contributed by atoms with van der Waals surface area (Å²) >= 11 is 0. The van der Waals surface area contributed by atoms with Crippen LogP contribution in [-0.2, 0) is 16.0 Å². The second kappa shape index (κ2) is 10.3. The fourth-order valence-corrected chi connectivity index (χ4v) is 4.58. The van der Waals surface area contributed by atoms with Gasteiger partial charge in [0.25, 0.3) is 0 Å². The van der Waals surface area contributed by atoms with Gasteiger partial charge in [-0.3, -0.25) is 4.79 Å². The van der Waals surface area contributed by atoms with Crippen molar-refractivity contribution in [1.29, 1.82) is 0 Å². The van der Waals surface area contributed by atoms with Crippen LogP contribution in [0.1, 0.15) is 61.5 Å². The maximum Gasteiger partial charge on any atom is 0.229 e. The molecule has 3 aromatic rings. The highest BCUT2D eigenvalue weighted by molar-refractivity contribution is 5.76. The van der Waals surface area contributed by atoms with Crippen LogP contribution in [0.2, 0.25) is 0 Å². The number of carbonyl (C=O) groups is 1. The summed E-state index contributed by atoms with van der Waals surface area (Å²) in [5.74, 6) is 3.67. The Morgan fingerprint density at radius 3 is 2.62 bits per heavy atom. The minimum Gasteiger partial charge on any atom is -0.496 e. The smallest absolute Gasteiger partial charge is 0.229 e. The van der Waals surface area contributed by atoms with Gasteiger partial charge >= 0.3 is 0 Å². The van der Waals surface area contributed by atoms with E-state index in [1.807, 2.05) is 29.2 Å². The van der Waals surface area contributed by atoms with Crippen LogP contribution in [0, 0.1) is 0 Å². The predicted molar refractivity (Wildman–Crippen MR) is 120 cm³/mol. The molecular weight excluding hydrogens is 438 g/mol. The summed E-state index contributed by atoms with van der Waals surface area (Å²) in [4.78, 5) is 23.8. The molecule has 10 nitrogen and oxygen atoms in total. The number of methoxy groups -OCH3 is 1. The monoisotopic (exact) mass is 467 g/mol. The predicted octanol–water partition coefficient (Wildman–Crippen LogP) is 3.36. The van der Waals surface area contributed by atoms with Crippen LogP contribution in [0.5, 0.6) is 5.75 Å². The quantitative estimate of drug-likeness (QED) is 0.515. The number of hydrogen-bond acceptors (Lipinski definition) is 9. The minimum atomic E-state index is 0.0870. The van der Waals surface area contributed by atoms with Crippen molar-refractivity contribution in [2.45, 2.75) is 50.4 Å². The van der Waals surface area contributed by atoms with Crippen molar-refractivity contribution < 1.29 is 23.3 Å². The highest BCUT2D eigenvalue weighted by atomic mass is 16.5. The number of amides is 1. The molecule has 0 bridgehead atoms. The molecule has 0 atom stereocenters. The molecule has 0 N–H and O–H groups in total. The molecule has 2 aliphatic heterocycles. The molecule has 2 aromatic heterocycles. The third-order valence-corrected chi connectivity index (χ3v) is 6.61. The van der Waals surface area contributed by atoms with E-state index in [2.05, 4.69) is 20.3 Å². The number of likely N-dealkylation sites (tertiary alicyclic amines) is 1. The average Bonchev–Trinajstić information content (AvgIpc) is 3.58. The van der Waals surface area contributed by atoms with Gasteiger partial charge < -0.3 is 23.4 Å². The van der Waals surface area contributed by atoms with E-state index in [9.17, 15) is 4.79 Å². The zero-order chi connectivity index (χ0) is 23.3. The molecule has 0 aliphatic carbocycles. The first kappa shape index (κ1) is 22.5. The van der Waals surface area contributed by atoms with Crippen molar-refractivity contribution in [3.63, 3.8) is 0 Å². The molecule has 180 valence electrons. The molecule has 0 saturated carbocycles. The lowest BCUT2D eigenvalue weighted by atomic mass is 9.96. The van der Waals surface area contributed by atoms with E-state index in [1.54, 1.807) is 7.11 Å². The van der Waals surface area contributed by atoms with E-state index in [4.69, 9.17) is 18.5 Å². The molecule has 1 aromatic carbocycles. The van der Waals surface area contributed by atoms with Crippen molar-refractivity contribution in [3.8, 4) is 17.1 Å². The average molecular weight is 468 g/mol. The van der Waals surface area contributed by atoms with E-state index in [0.717, 1.165) is 50.3 Å². The molecule has 2 saturated heterocycles. The summed E-state index contributed by atoms with van der Waals surface area (Å²) in [6.07, 6.45) is 4.24. The molecule has 4 heterocycles. The normalized spacial score (nSPS) is 17.7.